The molecular weight excluding hydrogens is 548 g/mol. The van der Waals surface area contributed by atoms with Gasteiger partial charge in [-0.25, -0.2) is 0 Å². The molecule has 3 heterocycles. The van der Waals surface area contributed by atoms with Crippen molar-refractivity contribution in [1.29, 1.82) is 0 Å². The van der Waals surface area contributed by atoms with E-state index in [4.69, 9.17) is 23.4 Å². The molecule has 8 N–H and O–H groups in total. The summed E-state index contributed by atoms with van der Waals surface area (Å²) in [6, 6.07) is 7.99. The molecule has 0 saturated carbocycles. The molecule has 0 aliphatic carbocycles. The fourth-order valence-electron chi connectivity index (χ4n) is 4.70. The van der Waals surface area contributed by atoms with Gasteiger partial charge in [-0.15, -0.1) is 0 Å². The lowest BCUT2D eigenvalue weighted by atomic mass is 10.00. The van der Waals surface area contributed by atoms with E-state index in [9.17, 15) is 45.6 Å². The topological polar surface area (TPSA) is 229 Å². The Labute approximate surface area is 231 Å². The summed E-state index contributed by atoms with van der Waals surface area (Å²) in [5, 5.41) is 80.9. The van der Waals surface area contributed by atoms with Crippen LogP contribution < -0.4 is 14.9 Å². The Morgan fingerprint density at radius 3 is 1.73 bits per heavy atom. The molecule has 2 aromatic carbocycles. The van der Waals surface area contributed by atoms with Gasteiger partial charge in [0, 0.05) is 17.7 Å². The van der Waals surface area contributed by atoms with Crippen LogP contribution in [-0.4, -0.2) is 102 Å². The van der Waals surface area contributed by atoms with E-state index in [1.165, 1.54) is 44.2 Å². The van der Waals surface area contributed by atoms with Crippen molar-refractivity contribution in [2.24, 2.45) is 0 Å². The van der Waals surface area contributed by atoms with Crippen molar-refractivity contribution >= 4 is 11.0 Å². The van der Waals surface area contributed by atoms with Crippen LogP contribution >= 0.6 is 0 Å². The van der Waals surface area contributed by atoms with E-state index in [0.29, 0.717) is 0 Å². The van der Waals surface area contributed by atoms with E-state index in [0.717, 1.165) is 6.07 Å². The molecule has 5 rings (SSSR count). The molecule has 14 heteroatoms. The van der Waals surface area contributed by atoms with Crippen molar-refractivity contribution in [3.05, 3.63) is 46.6 Å². The SMILES string of the molecule is C[C@@H]1O[C@@H](Oc2ccc(-c3oc4cc(O[C@@H]5O[C@H](C)[C@H](O)[C@H](O)[C@H]5O)cc(O)c4c(=O)c3O)cc2)[C@@H](O)[C@H](O)[C@H]1O. The molecule has 0 radical (unpaired) electrons. The lowest BCUT2D eigenvalue weighted by Gasteiger charge is -2.38. The van der Waals surface area contributed by atoms with Crippen LogP contribution in [-0.2, 0) is 9.47 Å². The summed E-state index contributed by atoms with van der Waals surface area (Å²) >= 11 is 0. The quantitative estimate of drug-likeness (QED) is 0.187. The Morgan fingerprint density at radius 2 is 1.20 bits per heavy atom. The summed E-state index contributed by atoms with van der Waals surface area (Å²) in [7, 11) is 0. The summed E-state index contributed by atoms with van der Waals surface area (Å²) in [5.74, 6) is -1.55. The third-order valence-corrected chi connectivity index (χ3v) is 7.16. The third-order valence-electron chi connectivity index (χ3n) is 7.16. The number of rotatable bonds is 5. The Morgan fingerprint density at radius 1 is 0.683 bits per heavy atom. The van der Waals surface area contributed by atoms with E-state index in [2.05, 4.69) is 0 Å². The van der Waals surface area contributed by atoms with Crippen molar-refractivity contribution < 1.29 is 64.2 Å². The van der Waals surface area contributed by atoms with E-state index in [-0.39, 0.29) is 33.8 Å². The van der Waals surface area contributed by atoms with Gasteiger partial charge in [-0.1, -0.05) is 0 Å². The first-order chi connectivity index (χ1) is 19.4. The number of hydrogen-bond acceptors (Lipinski definition) is 14. The Balaban J connectivity index is 1.41. The zero-order valence-electron chi connectivity index (χ0n) is 21.8. The molecule has 222 valence electrons. The maximum atomic E-state index is 12.9. The average Bonchev–Trinajstić information content (AvgIpc) is 2.94. The molecule has 2 aliphatic heterocycles. The molecule has 2 aliphatic rings. The second-order valence-corrected chi connectivity index (χ2v) is 10.0. The zero-order valence-corrected chi connectivity index (χ0v) is 21.8. The summed E-state index contributed by atoms with van der Waals surface area (Å²) in [6.45, 7) is 2.98. The van der Waals surface area contributed by atoms with Crippen molar-refractivity contribution in [3.63, 3.8) is 0 Å². The molecule has 0 unspecified atom stereocenters. The van der Waals surface area contributed by atoms with Gasteiger partial charge >= 0.3 is 0 Å². The van der Waals surface area contributed by atoms with Crippen molar-refractivity contribution in [3.8, 4) is 34.3 Å². The first kappa shape index (κ1) is 29.0. The van der Waals surface area contributed by atoms with E-state index in [1.807, 2.05) is 0 Å². The summed E-state index contributed by atoms with van der Waals surface area (Å²) < 4.78 is 27.7. The Hall–Kier alpha value is -3.47. The maximum absolute atomic E-state index is 12.9. The van der Waals surface area contributed by atoms with Gasteiger partial charge in [0.15, 0.2) is 5.76 Å². The number of aliphatic hydroxyl groups is 6. The van der Waals surface area contributed by atoms with Crippen LogP contribution in [0.5, 0.6) is 23.0 Å². The Bertz CT molecular complexity index is 1460. The summed E-state index contributed by atoms with van der Waals surface area (Å²) in [4.78, 5) is 12.9. The molecule has 0 bridgehead atoms. The van der Waals surface area contributed by atoms with Crippen molar-refractivity contribution in [1.82, 2.24) is 0 Å². The highest BCUT2D eigenvalue weighted by atomic mass is 16.7. The first-order valence-corrected chi connectivity index (χ1v) is 12.7. The molecule has 3 aromatic rings. The summed E-state index contributed by atoms with van der Waals surface area (Å²) in [6.07, 6.45) is -13.2. The standard InChI is InChI=1S/C27H30O14/c1-9-17(29)20(32)23(35)26(37-9)39-12-5-3-11(4-6-12)25-22(34)19(31)16-14(28)7-13(8-15(16)41-25)40-27-24(36)21(33)18(30)10(2)38-27/h3-10,17-18,20-21,23-24,26-30,32-36H,1-2H3/t9-,10+,17-,18-,20+,21-,23-,24+,26-,27-/m0/s1. The second-order valence-electron chi connectivity index (χ2n) is 10.0. The van der Waals surface area contributed by atoms with Crippen molar-refractivity contribution in [2.75, 3.05) is 0 Å². The van der Waals surface area contributed by atoms with Gasteiger partial charge in [0.1, 0.15) is 64.8 Å². The zero-order chi connectivity index (χ0) is 29.7. The van der Waals surface area contributed by atoms with E-state index >= 15 is 0 Å². The van der Waals surface area contributed by atoms with Gasteiger partial charge in [0.05, 0.1) is 12.2 Å². The van der Waals surface area contributed by atoms with Crippen LogP contribution in [0.25, 0.3) is 22.3 Å². The molecular formula is C27H30O14. The minimum absolute atomic E-state index is 0.106. The summed E-state index contributed by atoms with van der Waals surface area (Å²) in [5.41, 5.74) is -0.894. The fourth-order valence-corrected chi connectivity index (χ4v) is 4.70. The molecule has 0 spiro atoms. The predicted molar refractivity (Wildman–Crippen MR) is 137 cm³/mol. The third kappa shape index (κ3) is 5.31. The number of aromatic hydroxyl groups is 2. The minimum atomic E-state index is -1.63. The lowest BCUT2D eigenvalue weighted by Crippen LogP contribution is -2.58. The number of phenolic OH excluding ortho intramolecular Hbond substituents is 1. The van der Waals surface area contributed by atoms with Crippen LogP contribution in [0, 0.1) is 0 Å². The smallest absolute Gasteiger partial charge is 0.238 e. The van der Waals surface area contributed by atoms with Crippen LogP contribution in [0.3, 0.4) is 0 Å². The maximum Gasteiger partial charge on any atom is 0.238 e. The van der Waals surface area contributed by atoms with Gasteiger partial charge in [0.2, 0.25) is 23.8 Å². The molecule has 10 atom stereocenters. The molecule has 1 aromatic heterocycles. The largest absolute Gasteiger partial charge is 0.507 e. The Kier molecular flexibility index (Phi) is 7.84. The van der Waals surface area contributed by atoms with Crippen LogP contribution in [0.1, 0.15) is 13.8 Å². The van der Waals surface area contributed by atoms with Gasteiger partial charge in [-0.3, -0.25) is 4.79 Å². The van der Waals surface area contributed by atoms with Gasteiger partial charge in [0.25, 0.3) is 0 Å². The van der Waals surface area contributed by atoms with Gasteiger partial charge < -0.3 is 64.2 Å². The first-order valence-electron chi connectivity index (χ1n) is 12.7. The highest BCUT2D eigenvalue weighted by molar-refractivity contribution is 5.88. The van der Waals surface area contributed by atoms with Gasteiger partial charge in [-0.05, 0) is 38.1 Å². The highest BCUT2D eigenvalue weighted by Crippen LogP contribution is 2.37. The molecule has 0 amide bonds. The second kappa shape index (κ2) is 11.1. The van der Waals surface area contributed by atoms with Crippen LogP contribution in [0.4, 0.5) is 0 Å². The lowest BCUT2D eigenvalue weighted by molar-refractivity contribution is -0.268. The number of ether oxygens (including phenoxy) is 4. The van der Waals surface area contributed by atoms with E-state index in [1.54, 1.807) is 0 Å². The van der Waals surface area contributed by atoms with Crippen LogP contribution in [0.2, 0.25) is 0 Å². The van der Waals surface area contributed by atoms with Gasteiger partial charge in [-0.2, -0.15) is 0 Å². The highest BCUT2D eigenvalue weighted by Gasteiger charge is 2.44. The average molecular weight is 579 g/mol. The molecule has 41 heavy (non-hydrogen) atoms. The number of benzene rings is 2. The fraction of sp³-hybridized carbons (Fsp3) is 0.444. The van der Waals surface area contributed by atoms with Crippen molar-refractivity contribution in [2.45, 2.75) is 75.3 Å². The monoisotopic (exact) mass is 578 g/mol. The number of aliphatic hydroxyl groups excluding tert-OH is 6. The van der Waals surface area contributed by atoms with E-state index < -0.39 is 78.3 Å². The number of fused-ring (bicyclic) bond motifs is 1. The molecule has 2 saturated heterocycles. The number of hydrogen-bond donors (Lipinski definition) is 8. The predicted octanol–water partition coefficient (Wildman–Crippen LogP) is -0.716. The van der Waals surface area contributed by atoms with Crippen LogP contribution in [0.15, 0.2) is 45.6 Å². The molecule has 14 nitrogen and oxygen atoms in total. The molecule has 2 fully saturated rings. The minimum Gasteiger partial charge on any atom is -0.507 e. The normalized spacial score (nSPS) is 34.0. The number of phenols is 1.